The van der Waals surface area contributed by atoms with E-state index < -0.39 is 4.92 Å². The third-order valence-corrected chi connectivity index (χ3v) is 5.15. The van der Waals surface area contributed by atoms with Crippen LogP contribution >= 0.6 is 12.4 Å². The summed E-state index contributed by atoms with van der Waals surface area (Å²) in [7, 11) is 0. The summed E-state index contributed by atoms with van der Waals surface area (Å²) in [6.45, 7) is 3.77. The predicted octanol–water partition coefficient (Wildman–Crippen LogP) is 3.69. The van der Waals surface area contributed by atoms with E-state index in [4.69, 9.17) is 0 Å². The molecular weight excluding hydrogens is 380 g/mol. The minimum atomic E-state index is -0.486. The van der Waals surface area contributed by atoms with Crippen molar-refractivity contribution in [3.8, 4) is 0 Å². The van der Waals surface area contributed by atoms with Crippen LogP contribution in [0.15, 0.2) is 47.3 Å². The van der Waals surface area contributed by atoms with E-state index in [9.17, 15) is 14.9 Å². The highest BCUT2D eigenvalue weighted by Gasteiger charge is 2.14. The van der Waals surface area contributed by atoms with Crippen LogP contribution in [-0.4, -0.2) is 32.7 Å². The maximum Gasteiger partial charge on any atom is 0.272 e. The molecule has 1 saturated heterocycles. The Labute approximate surface area is 168 Å². The lowest BCUT2D eigenvalue weighted by Crippen LogP contribution is -2.29. The van der Waals surface area contributed by atoms with E-state index in [2.05, 4.69) is 22.1 Å². The number of rotatable bonds is 5. The fourth-order valence-electron chi connectivity index (χ4n) is 3.81. The molecule has 1 fully saturated rings. The molecule has 1 aliphatic heterocycles. The molecule has 8 heteroatoms. The summed E-state index contributed by atoms with van der Waals surface area (Å²) in [6.07, 6.45) is 3.85. The highest BCUT2D eigenvalue weighted by molar-refractivity contribution is 5.85. The van der Waals surface area contributed by atoms with E-state index in [0.717, 1.165) is 25.2 Å². The van der Waals surface area contributed by atoms with Crippen molar-refractivity contribution in [1.29, 1.82) is 0 Å². The number of hydrogen-bond acceptors (Lipinski definition) is 4. The SMILES string of the molecule is Cl.O=c1[nH]n(Cc2cccc(CN3CCCCC3)c2)c2ccc([N+](=O)[O-])cc12. The van der Waals surface area contributed by atoms with Gasteiger partial charge in [0.05, 0.1) is 22.4 Å². The summed E-state index contributed by atoms with van der Waals surface area (Å²) >= 11 is 0. The number of benzene rings is 2. The zero-order valence-electron chi connectivity index (χ0n) is 15.5. The number of aromatic amines is 1. The maximum absolute atomic E-state index is 12.2. The molecule has 1 aromatic heterocycles. The molecule has 3 aromatic rings. The van der Waals surface area contributed by atoms with Crippen LogP contribution in [-0.2, 0) is 13.1 Å². The molecule has 148 valence electrons. The maximum atomic E-state index is 12.2. The Morgan fingerprint density at radius 1 is 1.00 bits per heavy atom. The molecule has 0 saturated carbocycles. The topological polar surface area (TPSA) is 84.2 Å². The Kier molecular flexibility index (Phi) is 6.16. The average molecular weight is 403 g/mol. The number of H-pyrrole nitrogens is 1. The summed E-state index contributed by atoms with van der Waals surface area (Å²) in [5, 5.41) is 14.1. The number of nitrogens with zero attached hydrogens (tertiary/aromatic N) is 3. The van der Waals surface area contributed by atoms with Crippen molar-refractivity contribution in [2.45, 2.75) is 32.4 Å². The van der Waals surface area contributed by atoms with Gasteiger partial charge in [0.25, 0.3) is 11.2 Å². The number of piperidine rings is 1. The van der Waals surface area contributed by atoms with E-state index >= 15 is 0 Å². The second kappa shape index (κ2) is 8.58. The molecule has 7 nitrogen and oxygen atoms in total. The summed E-state index contributed by atoms with van der Waals surface area (Å²) < 4.78 is 1.75. The first-order valence-electron chi connectivity index (χ1n) is 9.27. The number of fused-ring (bicyclic) bond motifs is 1. The molecule has 0 amide bonds. The van der Waals surface area contributed by atoms with E-state index in [-0.39, 0.29) is 23.7 Å². The van der Waals surface area contributed by atoms with Gasteiger partial charge in [-0.2, -0.15) is 0 Å². The van der Waals surface area contributed by atoms with E-state index in [0.29, 0.717) is 17.4 Å². The number of nitro groups is 1. The van der Waals surface area contributed by atoms with Crippen LogP contribution < -0.4 is 5.56 Å². The van der Waals surface area contributed by atoms with E-state index in [1.165, 1.54) is 37.0 Å². The second-order valence-corrected chi connectivity index (χ2v) is 7.14. The molecule has 1 N–H and O–H groups in total. The molecule has 2 heterocycles. The Morgan fingerprint density at radius 2 is 1.71 bits per heavy atom. The van der Waals surface area contributed by atoms with Crippen molar-refractivity contribution in [3.05, 3.63) is 74.1 Å². The van der Waals surface area contributed by atoms with Gasteiger partial charge in [0.15, 0.2) is 0 Å². The third-order valence-electron chi connectivity index (χ3n) is 5.15. The summed E-state index contributed by atoms with van der Waals surface area (Å²) in [6, 6.07) is 12.8. The Balaban J connectivity index is 0.00000225. The van der Waals surface area contributed by atoms with Gasteiger partial charge in [0.2, 0.25) is 0 Å². The average Bonchev–Trinajstić information content (AvgIpc) is 2.98. The van der Waals surface area contributed by atoms with Gasteiger partial charge in [-0.1, -0.05) is 30.7 Å². The summed E-state index contributed by atoms with van der Waals surface area (Å²) in [4.78, 5) is 25.1. The zero-order valence-corrected chi connectivity index (χ0v) is 16.3. The summed E-state index contributed by atoms with van der Waals surface area (Å²) in [5.41, 5.74) is 2.65. The van der Waals surface area contributed by atoms with Gasteiger partial charge >= 0.3 is 0 Å². The minimum absolute atomic E-state index is 0. The Morgan fingerprint density at radius 3 is 2.43 bits per heavy atom. The highest BCUT2D eigenvalue weighted by atomic mass is 35.5. The van der Waals surface area contributed by atoms with Gasteiger partial charge in [0, 0.05) is 18.7 Å². The number of halogens is 1. The standard InChI is InChI=1S/C20H22N4O3.ClH/c25-20-18-12-17(24(26)27)7-8-19(18)23(21-20)14-16-6-4-5-15(11-16)13-22-9-2-1-3-10-22;/h4-8,11-12H,1-3,9-10,13-14H2,(H,21,25);1H. The number of aromatic nitrogens is 2. The molecule has 4 rings (SSSR count). The second-order valence-electron chi connectivity index (χ2n) is 7.14. The number of nitrogens with one attached hydrogen (secondary N) is 1. The molecule has 0 aliphatic carbocycles. The third kappa shape index (κ3) is 4.26. The van der Waals surface area contributed by atoms with Crippen molar-refractivity contribution in [3.63, 3.8) is 0 Å². The zero-order chi connectivity index (χ0) is 18.8. The van der Waals surface area contributed by atoms with Crippen LogP contribution in [0.5, 0.6) is 0 Å². The molecule has 0 atom stereocenters. The first-order valence-corrected chi connectivity index (χ1v) is 9.27. The summed E-state index contributed by atoms with van der Waals surface area (Å²) in [5.74, 6) is 0. The lowest BCUT2D eigenvalue weighted by molar-refractivity contribution is -0.384. The van der Waals surface area contributed by atoms with Crippen molar-refractivity contribution >= 4 is 29.0 Å². The van der Waals surface area contributed by atoms with E-state index in [1.54, 1.807) is 10.7 Å². The van der Waals surface area contributed by atoms with Crippen LogP contribution in [0, 0.1) is 10.1 Å². The lowest BCUT2D eigenvalue weighted by atomic mass is 10.1. The molecule has 28 heavy (non-hydrogen) atoms. The normalized spacial score (nSPS) is 14.7. The van der Waals surface area contributed by atoms with Crippen molar-refractivity contribution < 1.29 is 4.92 Å². The van der Waals surface area contributed by atoms with Crippen LogP contribution in [0.4, 0.5) is 5.69 Å². The largest absolute Gasteiger partial charge is 0.299 e. The monoisotopic (exact) mass is 402 g/mol. The Hall–Kier alpha value is -2.64. The van der Waals surface area contributed by atoms with Crippen LogP contribution in [0.2, 0.25) is 0 Å². The van der Waals surface area contributed by atoms with Crippen molar-refractivity contribution in [2.75, 3.05) is 13.1 Å². The van der Waals surface area contributed by atoms with Crippen molar-refractivity contribution in [1.82, 2.24) is 14.7 Å². The molecule has 0 radical (unpaired) electrons. The number of likely N-dealkylation sites (tertiary alicyclic amines) is 1. The fourth-order valence-corrected chi connectivity index (χ4v) is 3.81. The number of non-ortho nitro benzene ring substituents is 1. The van der Waals surface area contributed by atoms with E-state index in [1.807, 2.05) is 12.1 Å². The molecule has 2 aromatic carbocycles. The minimum Gasteiger partial charge on any atom is -0.299 e. The van der Waals surface area contributed by atoms with Gasteiger partial charge in [-0.3, -0.25) is 29.6 Å². The lowest BCUT2D eigenvalue weighted by Gasteiger charge is -2.26. The first-order chi connectivity index (χ1) is 13.1. The number of nitro benzene ring substituents is 1. The Bertz CT molecular complexity index is 1040. The molecular formula is C20H23ClN4O3. The molecule has 1 aliphatic rings. The quantitative estimate of drug-likeness (QED) is 0.521. The van der Waals surface area contributed by atoms with Gasteiger partial charge < -0.3 is 0 Å². The van der Waals surface area contributed by atoms with Gasteiger partial charge in [-0.25, -0.2) is 0 Å². The van der Waals surface area contributed by atoms with Crippen LogP contribution in [0.3, 0.4) is 0 Å². The highest BCUT2D eigenvalue weighted by Crippen LogP contribution is 2.19. The molecule has 0 bridgehead atoms. The molecule has 0 spiro atoms. The number of hydrogen-bond donors (Lipinski definition) is 1. The smallest absolute Gasteiger partial charge is 0.272 e. The molecule has 0 unspecified atom stereocenters. The van der Waals surface area contributed by atoms with Gasteiger partial charge in [-0.15, -0.1) is 12.4 Å². The van der Waals surface area contributed by atoms with Crippen LogP contribution in [0.1, 0.15) is 30.4 Å². The van der Waals surface area contributed by atoms with Crippen molar-refractivity contribution in [2.24, 2.45) is 0 Å². The first kappa shape index (κ1) is 20.1. The van der Waals surface area contributed by atoms with Crippen LogP contribution in [0.25, 0.3) is 10.9 Å². The predicted molar refractivity (Wildman–Crippen MR) is 111 cm³/mol. The van der Waals surface area contributed by atoms with Gasteiger partial charge in [0.1, 0.15) is 0 Å². The fraction of sp³-hybridized carbons (Fsp3) is 0.350. The van der Waals surface area contributed by atoms with Gasteiger partial charge in [-0.05, 0) is 43.1 Å².